The smallest absolute Gasteiger partial charge is 0.407 e. The number of carbonyl (C=O) groups excluding carboxylic acids is 2. The number of amides is 1. The van der Waals surface area contributed by atoms with E-state index in [1.807, 2.05) is 0 Å². The van der Waals surface area contributed by atoms with Crippen molar-refractivity contribution in [3.05, 3.63) is 64.5 Å². The summed E-state index contributed by atoms with van der Waals surface area (Å²) in [6.45, 7) is 5.78. The third kappa shape index (κ3) is 6.16. The lowest BCUT2D eigenvalue weighted by molar-refractivity contribution is -0.384. The molecule has 1 aromatic heterocycles. The molecule has 0 spiro atoms. The van der Waals surface area contributed by atoms with Gasteiger partial charge >= 0.3 is 17.7 Å². The van der Waals surface area contributed by atoms with E-state index in [0.29, 0.717) is 17.7 Å². The Labute approximate surface area is 185 Å². The molecule has 1 aliphatic rings. The highest BCUT2D eigenvalue weighted by Gasteiger charge is 2.34. The highest BCUT2D eigenvalue weighted by Crippen LogP contribution is 2.30. The van der Waals surface area contributed by atoms with Crippen LogP contribution in [0.25, 0.3) is 0 Å². The molecule has 0 aliphatic carbocycles. The predicted octanol–water partition coefficient (Wildman–Crippen LogP) is 3.32. The number of hydrogen-bond donors (Lipinski definition) is 1. The van der Waals surface area contributed by atoms with Crippen LogP contribution >= 0.6 is 0 Å². The lowest BCUT2D eigenvalue weighted by Crippen LogP contribution is -2.54. The van der Waals surface area contributed by atoms with E-state index in [1.54, 1.807) is 56.0 Å². The van der Waals surface area contributed by atoms with Gasteiger partial charge in [-0.25, -0.2) is 9.59 Å². The van der Waals surface area contributed by atoms with Gasteiger partial charge in [-0.15, -0.1) is 0 Å². The standard InChI is InChI=1S/C22H26N4O6/c1-22(2,3)32-21(28)24-16-11-17(31-20(27)15-7-5-4-6-8-15)14-25(13-16)18-9-10-23-12-19(18)26(29)30/h4-10,12,16-17H,11,13-14H2,1-3H3,(H,24,28)/t16-,17-/m0/s1. The summed E-state index contributed by atoms with van der Waals surface area (Å²) in [5.74, 6) is -0.502. The summed E-state index contributed by atoms with van der Waals surface area (Å²) in [6.07, 6.45) is 1.75. The molecule has 1 saturated heterocycles. The summed E-state index contributed by atoms with van der Waals surface area (Å²) >= 11 is 0. The zero-order chi connectivity index (χ0) is 23.3. The molecule has 1 aliphatic heterocycles. The largest absolute Gasteiger partial charge is 0.457 e. The topological polar surface area (TPSA) is 124 Å². The van der Waals surface area contributed by atoms with Gasteiger partial charge in [-0.1, -0.05) is 18.2 Å². The average Bonchev–Trinajstić information content (AvgIpc) is 2.72. The number of piperidine rings is 1. The van der Waals surface area contributed by atoms with Crippen molar-refractivity contribution in [1.82, 2.24) is 10.3 Å². The number of aromatic nitrogens is 1. The number of rotatable bonds is 5. The molecule has 32 heavy (non-hydrogen) atoms. The number of benzene rings is 1. The van der Waals surface area contributed by atoms with Crippen molar-refractivity contribution < 1.29 is 24.0 Å². The number of hydrogen-bond acceptors (Lipinski definition) is 8. The number of pyridine rings is 1. The Balaban J connectivity index is 1.81. The number of nitrogens with zero attached hydrogens (tertiary/aromatic N) is 3. The van der Waals surface area contributed by atoms with Crippen LogP contribution in [-0.2, 0) is 9.47 Å². The van der Waals surface area contributed by atoms with Gasteiger partial charge in [0.1, 0.15) is 23.6 Å². The second-order valence-electron chi connectivity index (χ2n) is 8.50. The van der Waals surface area contributed by atoms with Crippen molar-refractivity contribution in [2.45, 2.75) is 44.9 Å². The lowest BCUT2D eigenvalue weighted by atomic mass is 10.0. The van der Waals surface area contributed by atoms with Gasteiger partial charge in [0.05, 0.1) is 23.1 Å². The minimum atomic E-state index is -0.679. The SMILES string of the molecule is CC(C)(C)OC(=O)N[C@H]1C[C@H](OC(=O)c2ccccc2)CN(c2ccncc2[N+](=O)[O-])C1. The molecule has 1 aromatic carbocycles. The summed E-state index contributed by atoms with van der Waals surface area (Å²) in [4.78, 5) is 41.4. The first-order valence-electron chi connectivity index (χ1n) is 10.2. The van der Waals surface area contributed by atoms with E-state index in [9.17, 15) is 19.7 Å². The van der Waals surface area contributed by atoms with Gasteiger partial charge in [0, 0.05) is 19.2 Å². The Hall–Kier alpha value is -3.69. The van der Waals surface area contributed by atoms with E-state index in [4.69, 9.17) is 9.47 Å². The van der Waals surface area contributed by atoms with Crippen LogP contribution in [0.4, 0.5) is 16.2 Å². The molecule has 1 fully saturated rings. The number of esters is 1. The molecule has 3 rings (SSSR count). The first-order valence-corrected chi connectivity index (χ1v) is 10.2. The maximum atomic E-state index is 12.6. The first-order chi connectivity index (χ1) is 15.1. The summed E-state index contributed by atoms with van der Waals surface area (Å²) < 4.78 is 11.0. The van der Waals surface area contributed by atoms with Crippen molar-refractivity contribution >= 4 is 23.4 Å². The van der Waals surface area contributed by atoms with Gasteiger partial charge in [-0.3, -0.25) is 15.1 Å². The van der Waals surface area contributed by atoms with Crippen molar-refractivity contribution in [1.29, 1.82) is 0 Å². The maximum absolute atomic E-state index is 12.6. The third-order valence-corrected chi connectivity index (χ3v) is 4.73. The number of nitro groups is 1. The number of nitrogens with one attached hydrogen (secondary N) is 1. The van der Waals surface area contributed by atoms with Crippen molar-refractivity contribution in [2.75, 3.05) is 18.0 Å². The van der Waals surface area contributed by atoms with Crippen LogP contribution in [0.1, 0.15) is 37.6 Å². The molecular formula is C22H26N4O6. The van der Waals surface area contributed by atoms with Gasteiger partial charge in [-0.2, -0.15) is 0 Å². The average molecular weight is 442 g/mol. The van der Waals surface area contributed by atoms with Gasteiger partial charge in [0.15, 0.2) is 0 Å². The van der Waals surface area contributed by atoms with Crippen LogP contribution in [0.2, 0.25) is 0 Å². The Morgan fingerprint density at radius 2 is 1.91 bits per heavy atom. The van der Waals surface area contributed by atoms with Crippen LogP contribution in [0.15, 0.2) is 48.8 Å². The van der Waals surface area contributed by atoms with Crippen molar-refractivity contribution in [3.63, 3.8) is 0 Å². The van der Waals surface area contributed by atoms with Gasteiger partial charge in [0.2, 0.25) is 0 Å². The predicted molar refractivity (Wildman–Crippen MR) is 117 cm³/mol. The van der Waals surface area contributed by atoms with Gasteiger partial charge in [0.25, 0.3) is 0 Å². The molecule has 0 unspecified atom stereocenters. The quantitative estimate of drug-likeness (QED) is 0.425. The Bertz CT molecular complexity index is 976. The van der Waals surface area contributed by atoms with Gasteiger partial charge in [-0.05, 0) is 39.0 Å². The van der Waals surface area contributed by atoms with E-state index in [2.05, 4.69) is 10.3 Å². The monoisotopic (exact) mass is 442 g/mol. The molecule has 0 radical (unpaired) electrons. The summed E-state index contributed by atoms with van der Waals surface area (Å²) in [7, 11) is 0. The minimum Gasteiger partial charge on any atom is -0.457 e. The second kappa shape index (κ2) is 9.63. The van der Waals surface area contributed by atoms with Gasteiger partial charge < -0.3 is 19.7 Å². The fourth-order valence-corrected chi connectivity index (χ4v) is 3.49. The molecular weight excluding hydrogens is 416 g/mol. The van der Waals surface area contributed by atoms with E-state index in [1.165, 1.54) is 18.5 Å². The highest BCUT2D eigenvalue weighted by molar-refractivity contribution is 5.89. The summed E-state index contributed by atoms with van der Waals surface area (Å²) in [5, 5.41) is 14.3. The molecule has 2 heterocycles. The zero-order valence-electron chi connectivity index (χ0n) is 18.2. The van der Waals surface area contributed by atoms with Crippen LogP contribution < -0.4 is 10.2 Å². The molecule has 2 atom stereocenters. The number of carbonyl (C=O) groups is 2. The molecule has 10 nitrogen and oxygen atoms in total. The van der Waals surface area contributed by atoms with Crippen LogP contribution in [0.3, 0.4) is 0 Å². The Kier molecular flexibility index (Phi) is 6.92. The van der Waals surface area contributed by atoms with E-state index in [0.717, 1.165) is 0 Å². The normalized spacial score (nSPS) is 18.5. The second-order valence-corrected chi connectivity index (χ2v) is 8.50. The van der Waals surface area contributed by atoms with E-state index >= 15 is 0 Å². The van der Waals surface area contributed by atoms with E-state index in [-0.39, 0.29) is 18.8 Å². The number of ether oxygens (including phenoxy) is 2. The number of anilines is 1. The van der Waals surface area contributed by atoms with Crippen molar-refractivity contribution in [2.24, 2.45) is 0 Å². The molecule has 10 heteroatoms. The summed E-state index contributed by atoms with van der Waals surface area (Å²) in [5.41, 5.74) is -0.113. The fourth-order valence-electron chi connectivity index (χ4n) is 3.49. The first kappa shape index (κ1) is 23.0. The van der Waals surface area contributed by atoms with Crippen LogP contribution in [0.5, 0.6) is 0 Å². The maximum Gasteiger partial charge on any atom is 0.407 e. The summed E-state index contributed by atoms with van der Waals surface area (Å²) in [6, 6.07) is 9.63. The zero-order valence-corrected chi connectivity index (χ0v) is 18.2. The molecule has 1 amide bonds. The fraction of sp³-hybridized carbons (Fsp3) is 0.409. The molecule has 2 aromatic rings. The highest BCUT2D eigenvalue weighted by atomic mass is 16.6. The molecule has 1 N–H and O–H groups in total. The molecule has 0 bridgehead atoms. The van der Waals surface area contributed by atoms with E-state index < -0.39 is 34.7 Å². The lowest BCUT2D eigenvalue weighted by Gasteiger charge is -2.38. The number of alkyl carbamates (subject to hydrolysis) is 1. The molecule has 170 valence electrons. The third-order valence-electron chi connectivity index (χ3n) is 4.73. The van der Waals surface area contributed by atoms with Crippen molar-refractivity contribution in [3.8, 4) is 0 Å². The minimum absolute atomic E-state index is 0.168. The molecule has 0 saturated carbocycles. The van der Waals surface area contributed by atoms with Crippen LogP contribution in [0, 0.1) is 10.1 Å². The van der Waals surface area contributed by atoms with Crippen LogP contribution in [-0.4, -0.2) is 52.8 Å². The Morgan fingerprint density at radius 3 is 2.56 bits per heavy atom. The Morgan fingerprint density at radius 1 is 1.19 bits per heavy atom.